The van der Waals surface area contributed by atoms with Crippen LogP contribution in [0.2, 0.25) is 0 Å². The minimum Gasteiger partial charge on any atom is -0.493 e. The molecule has 0 unspecified atom stereocenters. The van der Waals surface area contributed by atoms with Crippen molar-refractivity contribution >= 4 is 21.6 Å². The standard InChI is InChI=1S/C27H26BrNO2/c1-17-8-6-12-21-20-11-7-13-22(20)26(29-25(17)21)19-14-23(28)27(24(15-19)30-2)31-16-18-9-4-3-5-10-18/h3-12,14-15,20,22,26,29H,13,16H2,1-2H3/t20-,22-,26-/m0/s1. The van der Waals surface area contributed by atoms with E-state index in [0.29, 0.717) is 18.4 Å². The number of halogens is 1. The van der Waals surface area contributed by atoms with Gasteiger partial charge in [-0.3, -0.25) is 0 Å². The van der Waals surface area contributed by atoms with Crippen LogP contribution in [0.3, 0.4) is 0 Å². The maximum absolute atomic E-state index is 6.14. The van der Waals surface area contributed by atoms with Crippen LogP contribution in [0.5, 0.6) is 11.5 Å². The van der Waals surface area contributed by atoms with Crippen LogP contribution in [0, 0.1) is 12.8 Å². The predicted molar refractivity (Wildman–Crippen MR) is 129 cm³/mol. The number of rotatable bonds is 5. The Labute approximate surface area is 192 Å². The number of allylic oxidation sites excluding steroid dienone is 2. The van der Waals surface area contributed by atoms with Crippen molar-refractivity contribution < 1.29 is 9.47 Å². The molecule has 1 aliphatic carbocycles. The van der Waals surface area contributed by atoms with E-state index >= 15 is 0 Å². The average Bonchev–Trinajstić information content (AvgIpc) is 3.28. The normalized spacial score (nSPS) is 21.2. The molecular weight excluding hydrogens is 450 g/mol. The number of aryl methyl sites for hydroxylation is 1. The lowest BCUT2D eigenvalue weighted by Crippen LogP contribution is -2.29. The Bertz CT molecular complexity index is 1130. The highest BCUT2D eigenvalue weighted by atomic mass is 79.9. The SMILES string of the molecule is COc1cc([C@@H]2Nc3c(C)cccc3[C@@H]3C=CC[C@@H]32)cc(Br)c1OCc1ccccc1. The monoisotopic (exact) mass is 475 g/mol. The molecule has 1 N–H and O–H groups in total. The van der Waals surface area contributed by atoms with Gasteiger partial charge in [-0.25, -0.2) is 0 Å². The van der Waals surface area contributed by atoms with Crippen LogP contribution >= 0.6 is 15.9 Å². The van der Waals surface area contributed by atoms with E-state index in [1.807, 2.05) is 18.2 Å². The summed E-state index contributed by atoms with van der Waals surface area (Å²) >= 11 is 3.75. The zero-order valence-electron chi connectivity index (χ0n) is 17.8. The summed E-state index contributed by atoms with van der Waals surface area (Å²) in [6.07, 6.45) is 5.77. The minimum atomic E-state index is 0.210. The molecule has 0 spiro atoms. The van der Waals surface area contributed by atoms with Gasteiger partial charge in [0, 0.05) is 11.6 Å². The number of nitrogens with one attached hydrogen (secondary N) is 1. The molecule has 5 rings (SSSR count). The molecule has 158 valence electrons. The summed E-state index contributed by atoms with van der Waals surface area (Å²) in [7, 11) is 1.70. The molecule has 3 atom stereocenters. The van der Waals surface area contributed by atoms with E-state index in [1.54, 1.807) is 7.11 Å². The number of ether oxygens (including phenoxy) is 2. The molecule has 0 saturated carbocycles. The molecule has 3 nitrogen and oxygen atoms in total. The zero-order valence-corrected chi connectivity index (χ0v) is 19.4. The molecular formula is C27H26BrNO2. The van der Waals surface area contributed by atoms with Gasteiger partial charge in [0.2, 0.25) is 0 Å². The minimum absolute atomic E-state index is 0.210. The van der Waals surface area contributed by atoms with E-state index in [-0.39, 0.29) is 6.04 Å². The molecule has 0 saturated heterocycles. The van der Waals surface area contributed by atoms with Crippen LogP contribution in [0.15, 0.2) is 77.3 Å². The molecule has 4 heteroatoms. The highest BCUT2D eigenvalue weighted by molar-refractivity contribution is 9.10. The highest BCUT2D eigenvalue weighted by Gasteiger charge is 2.38. The van der Waals surface area contributed by atoms with Crippen LogP contribution in [-0.4, -0.2) is 7.11 Å². The van der Waals surface area contributed by atoms with Crippen LogP contribution in [0.4, 0.5) is 5.69 Å². The Morgan fingerprint density at radius 3 is 2.71 bits per heavy atom. The summed E-state index contributed by atoms with van der Waals surface area (Å²) in [5.74, 6) is 2.42. The second-order valence-corrected chi connectivity index (χ2v) is 9.18. The van der Waals surface area contributed by atoms with Crippen LogP contribution < -0.4 is 14.8 Å². The van der Waals surface area contributed by atoms with Crippen molar-refractivity contribution in [3.63, 3.8) is 0 Å². The summed E-state index contributed by atoms with van der Waals surface area (Å²) in [4.78, 5) is 0. The Balaban J connectivity index is 1.48. The van der Waals surface area contributed by atoms with E-state index in [1.165, 1.54) is 22.4 Å². The first kappa shape index (κ1) is 20.2. The highest BCUT2D eigenvalue weighted by Crippen LogP contribution is 2.52. The third-order valence-electron chi connectivity index (χ3n) is 6.44. The van der Waals surface area contributed by atoms with Crippen LogP contribution in [0.1, 0.15) is 40.6 Å². The second kappa shape index (κ2) is 8.43. The van der Waals surface area contributed by atoms with Crippen molar-refractivity contribution in [3.05, 3.63) is 99.5 Å². The molecule has 3 aromatic rings. The Morgan fingerprint density at radius 2 is 1.90 bits per heavy atom. The third kappa shape index (κ3) is 3.74. The van der Waals surface area contributed by atoms with Gasteiger partial charge in [-0.15, -0.1) is 0 Å². The molecule has 2 aliphatic rings. The number of hydrogen-bond donors (Lipinski definition) is 1. The number of methoxy groups -OCH3 is 1. The Hall–Kier alpha value is -2.72. The Morgan fingerprint density at radius 1 is 1.06 bits per heavy atom. The first-order valence-corrected chi connectivity index (χ1v) is 11.5. The average molecular weight is 476 g/mol. The van der Waals surface area contributed by atoms with Crippen molar-refractivity contribution in [2.45, 2.75) is 31.9 Å². The quantitative estimate of drug-likeness (QED) is 0.396. The van der Waals surface area contributed by atoms with Crippen molar-refractivity contribution in [3.8, 4) is 11.5 Å². The molecule has 3 aromatic carbocycles. The molecule has 0 fully saturated rings. The molecule has 31 heavy (non-hydrogen) atoms. The second-order valence-electron chi connectivity index (χ2n) is 8.32. The number of fused-ring (bicyclic) bond motifs is 3. The summed E-state index contributed by atoms with van der Waals surface area (Å²) < 4.78 is 12.8. The van der Waals surface area contributed by atoms with Gasteiger partial charge in [0.25, 0.3) is 0 Å². The molecule has 0 aromatic heterocycles. The van der Waals surface area contributed by atoms with E-state index in [2.05, 4.69) is 82.8 Å². The fourth-order valence-corrected chi connectivity index (χ4v) is 5.47. The van der Waals surface area contributed by atoms with Crippen molar-refractivity contribution in [1.29, 1.82) is 0 Å². The van der Waals surface area contributed by atoms with E-state index in [4.69, 9.17) is 9.47 Å². The van der Waals surface area contributed by atoms with Gasteiger partial charge in [-0.1, -0.05) is 60.7 Å². The summed E-state index contributed by atoms with van der Waals surface area (Å²) in [5.41, 5.74) is 6.29. The zero-order chi connectivity index (χ0) is 21.4. The maximum Gasteiger partial charge on any atom is 0.175 e. The third-order valence-corrected chi connectivity index (χ3v) is 7.03. The van der Waals surface area contributed by atoms with Gasteiger partial charge in [0.1, 0.15) is 6.61 Å². The van der Waals surface area contributed by atoms with Gasteiger partial charge in [0.15, 0.2) is 11.5 Å². The topological polar surface area (TPSA) is 30.5 Å². The van der Waals surface area contributed by atoms with Crippen LogP contribution in [0.25, 0.3) is 0 Å². The smallest absolute Gasteiger partial charge is 0.175 e. The summed E-state index contributed by atoms with van der Waals surface area (Å²) in [5, 5.41) is 3.85. The van der Waals surface area contributed by atoms with Gasteiger partial charge in [0.05, 0.1) is 17.6 Å². The fourth-order valence-electron chi connectivity index (χ4n) is 4.90. The predicted octanol–water partition coefficient (Wildman–Crippen LogP) is 7.17. The number of benzene rings is 3. The van der Waals surface area contributed by atoms with Crippen molar-refractivity contribution in [2.75, 3.05) is 12.4 Å². The van der Waals surface area contributed by atoms with Crippen LogP contribution in [-0.2, 0) is 6.61 Å². The van der Waals surface area contributed by atoms with Crippen molar-refractivity contribution in [2.24, 2.45) is 5.92 Å². The van der Waals surface area contributed by atoms with E-state index in [9.17, 15) is 0 Å². The van der Waals surface area contributed by atoms with Gasteiger partial charge >= 0.3 is 0 Å². The first-order valence-electron chi connectivity index (χ1n) is 10.7. The first-order chi connectivity index (χ1) is 15.2. The molecule has 0 amide bonds. The maximum atomic E-state index is 6.14. The fraction of sp³-hybridized carbons (Fsp3) is 0.259. The summed E-state index contributed by atoms with van der Waals surface area (Å²) in [6, 6.07) is 21.3. The molecule has 0 radical (unpaired) electrons. The summed E-state index contributed by atoms with van der Waals surface area (Å²) in [6.45, 7) is 2.68. The van der Waals surface area contributed by atoms with Gasteiger partial charge < -0.3 is 14.8 Å². The largest absolute Gasteiger partial charge is 0.493 e. The molecule has 1 aliphatic heterocycles. The lowest BCUT2D eigenvalue weighted by Gasteiger charge is -2.38. The number of hydrogen-bond acceptors (Lipinski definition) is 3. The number of para-hydroxylation sites is 1. The van der Waals surface area contributed by atoms with Gasteiger partial charge in [-0.05, 0) is 69.6 Å². The lowest BCUT2D eigenvalue weighted by molar-refractivity contribution is 0.282. The molecule has 0 bridgehead atoms. The number of anilines is 1. The van der Waals surface area contributed by atoms with Crippen molar-refractivity contribution in [1.82, 2.24) is 0 Å². The lowest BCUT2D eigenvalue weighted by atomic mass is 9.76. The van der Waals surface area contributed by atoms with E-state index in [0.717, 1.165) is 28.0 Å². The van der Waals surface area contributed by atoms with E-state index < -0.39 is 0 Å². The van der Waals surface area contributed by atoms with Gasteiger partial charge in [-0.2, -0.15) is 0 Å². The molecule has 1 heterocycles. The Kier molecular flexibility index (Phi) is 5.49.